The fourth-order valence-electron chi connectivity index (χ4n) is 1.39. The highest BCUT2D eigenvalue weighted by Gasteiger charge is 2.05. The summed E-state index contributed by atoms with van der Waals surface area (Å²) in [7, 11) is 0. The number of imidazole rings is 1. The Bertz CT molecular complexity index is 523. The molecule has 0 amide bonds. The maximum absolute atomic E-state index is 5.16. The molecule has 4 nitrogen and oxygen atoms in total. The van der Waals surface area contributed by atoms with Gasteiger partial charge >= 0.3 is 0 Å². The average molecular weight is 208 g/mol. The largest absolute Gasteiger partial charge is 0.340 e. The lowest BCUT2D eigenvalue weighted by molar-refractivity contribution is 0.581. The highest BCUT2D eigenvalue weighted by atomic mass is 32.1. The predicted octanol–water partition coefficient (Wildman–Crippen LogP) is 2.38. The minimum atomic E-state index is 0.322. The van der Waals surface area contributed by atoms with E-state index in [2.05, 4.69) is 28.8 Å². The fourth-order valence-corrected chi connectivity index (χ4v) is 1.74. The SMILES string of the molecule is Cc1nc2nc(=S)n(C(C)C)cc2[nH]1. The molecule has 0 spiro atoms. The summed E-state index contributed by atoms with van der Waals surface area (Å²) in [5.74, 6) is 0.864. The van der Waals surface area contributed by atoms with E-state index in [1.54, 1.807) is 0 Å². The van der Waals surface area contributed by atoms with Gasteiger partial charge in [-0.1, -0.05) is 0 Å². The van der Waals surface area contributed by atoms with Crippen LogP contribution in [0.3, 0.4) is 0 Å². The summed E-state index contributed by atoms with van der Waals surface area (Å²) in [6, 6.07) is 0.322. The van der Waals surface area contributed by atoms with Crippen molar-refractivity contribution in [3.8, 4) is 0 Å². The van der Waals surface area contributed by atoms with Crippen molar-refractivity contribution in [3.63, 3.8) is 0 Å². The number of aromatic nitrogens is 4. The van der Waals surface area contributed by atoms with Crippen molar-refractivity contribution < 1.29 is 0 Å². The third-order valence-electron chi connectivity index (χ3n) is 2.08. The zero-order valence-corrected chi connectivity index (χ0v) is 9.22. The second-order valence-electron chi connectivity index (χ2n) is 3.58. The molecular formula is C9H12N4S. The van der Waals surface area contributed by atoms with Gasteiger partial charge in [0.25, 0.3) is 0 Å². The van der Waals surface area contributed by atoms with Gasteiger partial charge in [-0.25, -0.2) is 4.98 Å². The number of rotatable bonds is 1. The molecule has 0 aliphatic rings. The zero-order chi connectivity index (χ0) is 10.3. The first kappa shape index (κ1) is 9.33. The van der Waals surface area contributed by atoms with Gasteiger partial charge in [-0.05, 0) is 33.0 Å². The van der Waals surface area contributed by atoms with Gasteiger partial charge in [-0.15, -0.1) is 0 Å². The Morgan fingerprint density at radius 2 is 2.14 bits per heavy atom. The Kier molecular flexibility index (Phi) is 2.11. The minimum Gasteiger partial charge on any atom is -0.340 e. The van der Waals surface area contributed by atoms with Gasteiger partial charge in [0, 0.05) is 12.2 Å². The van der Waals surface area contributed by atoms with Gasteiger partial charge in [-0.3, -0.25) is 0 Å². The average Bonchev–Trinajstić information content (AvgIpc) is 2.42. The van der Waals surface area contributed by atoms with Crippen LogP contribution in [0.15, 0.2) is 6.20 Å². The number of H-pyrrole nitrogens is 1. The highest BCUT2D eigenvalue weighted by molar-refractivity contribution is 7.71. The summed E-state index contributed by atoms with van der Waals surface area (Å²) in [4.78, 5) is 11.6. The molecule has 0 saturated heterocycles. The number of nitrogens with zero attached hydrogens (tertiary/aromatic N) is 3. The Labute approximate surface area is 87.0 Å². The van der Waals surface area contributed by atoms with Gasteiger partial charge in [0.05, 0.1) is 0 Å². The topological polar surface area (TPSA) is 46.5 Å². The molecule has 74 valence electrons. The van der Waals surface area contributed by atoms with Crippen LogP contribution in [0.4, 0.5) is 0 Å². The quantitative estimate of drug-likeness (QED) is 0.732. The van der Waals surface area contributed by atoms with Crippen molar-refractivity contribution in [2.24, 2.45) is 0 Å². The molecule has 2 aromatic heterocycles. The summed E-state index contributed by atoms with van der Waals surface area (Å²) in [6.45, 7) is 6.06. The van der Waals surface area contributed by atoms with Crippen LogP contribution in [-0.4, -0.2) is 19.5 Å². The number of hydrogen-bond donors (Lipinski definition) is 1. The molecule has 0 atom stereocenters. The molecule has 2 rings (SSSR count). The molecule has 0 radical (unpaired) electrons. The van der Waals surface area contributed by atoms with Gasteiger partial charge in [-0.2, -0.15) is 4.98 Å². The lowest BCUT2D eigenvalue weighted by atomic mass is 10.4. The standard InChI is InChI=1S/C9H12N4S/c1-5(2)13-4-7-8(12-9(13)14)11-6(3)10-7/h4-5H,1-3H3,(H,10,11,12,14). The first-order valence-corrected chi connectivity index (χ1v) is 4.94. The van der Waals surface area contributed by atoms with E-state index >= 15 is 0 Å². The Balaban J connectivity index is 2.76. The van der Waals surface area contributed by atoms with Crippen LogP contribution in [0, 0.1) is 11.7 Å². The molecular weight excluding hydrogens is 196 g/mol. The summed E-state index contributed by atoms with van der Waals surface area (Å²) in [6.07, 6.45) is 1.97. The summed E-state index contributed by atoms with van der Waals surface area (Å²) in [5.41, 5.74) is 1.63. The van der Waals surface area contributed by atoms with E-state index in [1.807, 2.05) is 17.7 Å². The zero-order valence-electron chi connectivity index (χ0n) is 8.40. The summed E-state index contributed by atoms with van der Waals surface area (Å²) in [5, 5.41) is 0. The third-order valence-corrected chi connectivity index (χ3v) is 2.38. The summed E-state index contributed by atoms with van der Waals surface area (Å²) < 4.78 is 2.54. The number of hydrogen-bond acceptors (Lipinski definition) is 3. The maximum atomic E-state index is 5.16. The van der Waals surface area contributed by atoms with E-state index < -0.39 is 0 Å². The number of nitrogens with one attached hydrogen (secondary N) is 1. The maximum Gasteiger partial charge on any atom is 0.201 e. The summed E-state index contributed by atoms with van der Waals surface area (Å²) >= 11 is 5.16. The molecule has 5 heteroatoms. The van der Waals surface area contributed by atoms with Crippen LogP contribution in [0.25, 0.3) is 11.2 Å². The molecule has 0 aliphatic carbocycles. The Morgan fingerprint density at radius 3 is 2.79 bits per heavy atom. The van der Waals surface area contributed by atoms with Crippen molar-refractivity contribution in [3.05, 3.63) is 16.8 Å². The first-order valence-electron chi connectivity index (χ1n) is 4.53. The molecule has 0 saturated carbocycles. The predicted molar refractivity (Wildman–Crippen MR) is 57.8 cm³/mol. The normalized spacial score (nSPS) is 11.4. The van der Waals surface area contributed by atoms with Crippen LogP contribution in [-0.2, 0) is 0 Å². The molecule has 0 aromatic carbocycles. The highest BCUT2D eigenvalue weighted by Crippen LogP contribution is 2.11. The van der Waals surface area contributed by atoms with Crippen LogP contribution in [0.5, 0.6) is 0 Å². The van der Waals surface area contributed by atoms with Crippen molar-refractivity contribution in [2.45, 2.75) is 26.8 Å². The first-order chi connectivity index (χ1) is 6.58. The van der Waals surface area contributed by atoms with Gasteiger partial charge in [0.2, 0.25) is 4.77 Å². The van der Waals surface area contributed by atoms with Crippen LogP contribution >= 0.6 is 12.2 Å². The second-order valence-corrected chi connectivity index (χ2v) is 3.95. The molecule has 1 N–H and O–H groups in total. The van der Waals surface area contributed by atoms with E-state index in [9.17, 15) is 0 Å². The van der Waals surface area contributed by atoms with Crippen molar-refractivity contribution >= 4 is 23.4 Å². The number of fused-ring (bicyclic) bond motifs is 1. The van der Waals surface area contributed by atoms with Gasteiger partial charge in [0.1, 0.15) is 11.3 Å². The number of aryl methyl sites for hydroxylation is 1. The molecule has 2 heterocycles. The fraction of sp³-hybridized carbons (Fsp3) is 0.444. The van der Waals surface area contributed by atoms with E-state index in [1.165, 1.54) is 0 Å². The van der Waals surface area contributed by atoms with Crippen LogP contribution in [0.2, 0.25) is 0 Å². The van der Waals surface area contributed by atoms with Crippen molar-refractivity contribution in [2.75, 3.05) is 0 Å². The Hall–Kier alpha value is -1.23. The Morgan fingerprint density at radius 1 is 1.43 bits per heavy atom. The van der Waals surface area contributed by atoms with Crippen LogP contribution in [0.1, 0.15) is 25.7 Å². The minimum absolute atomic E-state index is 0.322. The van der Waals surface area contributed by atoms with Crippen molar-refractivity contribution in [1.82, 2.24) is 19.5 Å². The van der Waals surface area contributed by atoms with E-state index in [-0.39, 0.29) is 0 Å². The van der Waals surface area contributed by atoms with E-state index in [0.29, 0.717) is 16.5 Å². The van der Waals surface area contributed by atoms with Gasteiger partial charge < -0.3 is 9.55 Å². The van der Waals surface area contributed by atoms with Crippen LogP contribution < -0.4 is 0 Å². The molecule has 0 unspecified atom stereocenters. The molecule has 14 heavy (non-hydrogen) atoms. The van der Waals surface area contributed by atoms with E-state index in [0.717, 1.165) is 11.3 Å². The molecule has 0 bridgehead atoms. The third kappa shape index (κ3) is 1.43. The molecule has 0 aliphatic heterocycles. The molecule has 0 fully saturated rings. The second kappa shape index (κ2) is 3.16. The monoisotopic (exact) mass is 208 g/mol. The van der Waals surface area contributed by atoms with Crippen molar-refractivity contribution in [1.29, 1.82) is 0 Å². The van der Waals surface area contributed by atoms with E-state index in [4.69, 9.17) is 12.2 Å². The van der Waals surface area contributed by atoms with Gasteiger partial charge in [0.15, 0.2) is 5.65 Å². The number of aromatic amines is 1. The molecule has 2 aromatic rings. The lowest BCUT2D eigenvalue weighted by Crippen LogP contribution is -2.04. The smallest absolute Gasteiger partial charge is 0.201 e. The lowest BCUT2D eigenvalue weighted by Gasteiger charge is -2.09.